The first-order valence-electron chi connectivity index (χ1n) is 9.36. The fourth-order valence-corrected chi connectivity index (χ4v) is 3.70. The van der Waals surface area contributed by atoms with E-state index in [1.165, 1.54) is 36.4 Å². The van der Waals surface area contributed by atoms with E-state index in [0.717, 1.165) is 0 Å². The van der Waals surface area contributed by atoms with Crippen LogP contribution in [0, 0.1) is 11.6 Å². The number of anilines is 1. The van der Waals surface area contributed by atoms with Gasteiger partial charge in [-0.25, -0.2) is 8.78 Å². The van der Waals surface area contributed by atoms with E-state index >= 15 is 0 Å². The lowest BCUT2D eigenvalue weighted by Gasteiger charge is -2.27. The molecular weight excluding hydrogens is 390 g/mol. The summed E-state index contributed by atoms with van der Waals surface area (Å²) in [6.45, 7) is 0.319. The molecule has 0 aromatic heterocycles. The molecule has 5 nitrogen and oxygen atoms in total. The molecule has 30 heavy (non-hydrogen) atoms. The van der Waals surface area contributed by atoms with Crippen LogP contribution in [0.25, 0.3) is 0 Å². The van der Waals surface area contributed by atoms with Gasteiger partial charge in [0.05, 0.1) is 12.2 Å². The minimum absolute atomic E-state index is 0.107. The Kier molecular flexibility index (Phi) is 5.18. The van der Waals surface area contributed by atoms with Crippen molar-refractivity contribution in [3.05, 3.63) is 94.6 Å². The van der Waals surface area contributed by atoms with Gasteiger partial charge in [-0.2, -0.15) is 0 Å². The van der Waals surface area contributed by atoms with Crippen LogP contribution in [0.3, 0.4) is 0 Å². The standard InChI is InChI=1S/C23H18F2N2O3/c24-14-7-8-17-16(9-10-30-20(17)12-14)18-5-2-6-19(25)21(18)23(29)27-15-4-1-3-13(11-15)22(26)28/h1-8,11-12,16H,9-10H2,(H2,26,28)(H,27,29). The zero-order chi connectivity index (χ0) is 21.3. The van der Waals surface area contributed by atoms with Crippen LogP contribution in [-0.2, 0) is 0 Å². The van der Waals surface area contributed by atoms with E-state index in [0.29, 0.717) is 35.6 Å². The molecule has 0 radical (unpaired) electrons. The Hall–Kier alpha value is -3.74. The Morgan fingerprint density at radius 3 is 2.60 bits per heavy atom. The predicted octanol–water partition coefficient (Wildman–Crippen LogP) is 4.23. The molecule has 2 amide bonds. The second-order valence-corrected chi connectivity index (χ2v) is 6.98. The summed E-state index contributed by atoms with van der Waals surface area (Å²) in [6.07, 6.45) is 0.513. The van der Waals surface area contributed by atoms with E-state index in [1.807, 2.05) is 0 Å². The Labute approximate surface area is 171 Å². The number of amides is 2. The number of rotatable bonds is 4. The Morgan fingerprint density at radius 2 is 1.80 bits per heavy atom. The van der Waals surface area contributed by atoms with Crippen molar-refractivity contribution in [1.29, 1.82) is 0 Å². The van der Waals surface area contributed by atoms with Crippen molar-refractivity contribution in [3.8, 4) is 5.75 Å². The zero-order valence-electron chi connectivity index (χ0n) is 15.8. The van der Waals surface area contributed by atoms with Gasteiger partial charge in [0.1, 0.15) is 17.4 Å². The van der Waals surface area contributed by atoms with Crippen molar-refractivity contribution < 1.29 is 23.1 Å². The third kappa shape index (κ3) is 3.74. The molecule has 152 valence electrons. The number of carbonyl (C=O) groups excluding carboxylic acids is 2. The highest BCUT2D eigenvalue weighted by molar-refractivity contribution is 6.06. The van der Waals surface area contributed by atoms with Gasteiger partial charge in [-0.3, -0.25) is 9.59 Å². The fraction of sp³-hybridized carbons (Fsp3) is 0.130. The number of nitrogens with two attached hydrogens (primary N) is 1. The number of benzene rings is 3. The van der Waals surface area contributed by atoms with Crippen LogP contribution < -0.4 is 15.8 Å². The highest BCUT2D eigenvalue weighted by Gasteiger charge is 2.29. The van der Waals surface area contributed by atoms with E-state index in [4.69, 9.17) is 10.5 Å². The van der Waals surface area contributed by atoms with Gasteiger partial charge in [-0.05, 0) is 42.3 Å². The molecule has 0 saturated heterocycles. The van der Waals surface area contributed by atoms with Gasteiger partial charge < -0.3 is 15.8 Å². The van der Waals surface area contributed by atoms with Crippen molar-refractivity contribution in [2.24, 2.45) is 5.73 Å². The van der Waals surface area contributed by atoms with Crippen LogP contribution >= 0.6 is 0 Å². The lowest BCUT2D eigenvalue weighted by Crippen LogP contribution is -2.22. The fourth-order valence-electron chi connectivity index (χ4n) is 3.70. The number of carbonyl (C=O) groups is 2. The maximum atomic E-state index is 14.8. The molecule has 1 aliphatic rings. The van der Waals surface area contributed by atoms with Gasteiger partial charge in [-0.15, -0.1) is 0 Å². The van der Waals surface area contributed by atoms with E-state index in [9.17, 15) is 18.4 Å². The van der Waals surface area contributed by atoms with Gasteiger partial charge in [-0.1, -0.05) is 24.3 Å². The first-order valence-corrected chi connectivity index (χ1v) is 9.36. The Bertz CT molecular complexity index is 1150. The van der Waals surface area contributed by atoms with E-state index < -0.39 is 23.4 Å². The minimum Gasteiger partial charge on any atom is -0.493 e. The van der Waals surface area contributed by atoms with Gasteiger partial charge in [0.15, 0.2) is 0 Å². The van der Waals surface area contributed by atoms with Crippen molar-refractivity contribution >= 4 is 17.5 Å². The molecule has 0 saturated carbocycles. The van der Waals surface area contributed by atoms with Crippen LogP contribution in [-0.4, -0.2) is 18.4 Å². The zero-order valence-corrected chi connectivity index (χ0v) is 15.8. The van der Waals surface area contributed by atoms with Gasteiger partial charge >= 0.3 is 0 Å². The first kappa shape index (κ1) is 19.6. The summed E-state index contributed by atoms with van der Waals surface area (Å²) in [5.74, 6) is -2.34. The molecule has 3 aromatic carbocycles. The van der Waals surface area contributed by atoms with Crippen molar-refractivity contribution in [2.45, 2.75) is 12.3 Å². The molecule has 1 unspecified atom stereocenters. The number of fused-ring (bicyclic) bond motifs is 1. The van der Waals surface area contributed by atoms with Crippen LogP contribution in [0.1, 0.15) is 44.2 Å². The topological polar surface area (TPSA) is 81.4 Å². The summed E-state index contributed by atoms with van der Waals surface area (Å²) in [7, 11) is 0. The normalized spacial score (nSPS) is 15.1. The predicted molar refractivity (Wildman–Crippen MR) is 108 cm³/mol. The van der Waals surface area contributed by atoms with Gasteiger partial charge in [0.25, 0.3) is 5.91 Å². The number of hydrogen-bond donors (Lipinski definition) is 2. The maximum absolute atomic E-state index is 14.8. The molecule has 0 fully saturated rings. The van der Waals surface area contributed by atoms with E-state index in [-0.39, 0.29) is 17.0 Å². The second kappa shape index (κ2) is 7.94. The summed E-state index contributed by atoms with van der Waals surface area (Å²) in [6, 6.07) is 14.7. The summed E-state index contributed by atoms with van der Waals surface area (Å²) >= 11 is 0. The van der Waals surface area contributed by atoms with Gasteiger partial charge in [0, 0.05) is 28.8 Å². The average Bonchev–Trinajstić information content (AvgIpc) is 2.73. The van der Waals surface area contributed by atoms with Crippen molar-refractivity contribution in [3.63, 3.8) is 0 Å². The molecule has 1 atom stereocenters. The lowest BCUT2D eigenvalue weighted by molar-refractivity contribution is 0.0995. The third-order valence-corrected chi connectivity index (χ3v) is 5.07. The minimum atomic E-state index is -0.675. The van der Waals surface area contributed by atoms with Gasteiger partial charge in [0.2, 0.25) is 5.91 Å². The lowest BCUT2D eigenvalue weighted by atomic mass is 9.84. The Balaban J connectivity index is 1.72. The van der Waals surface area contributed by atoms with E-state index in [2.05, 4.69) is 5.32 Å². The molecule has 3 N–H and O–H groups in total. The summed E-state index contributed by atoms with van der Waals surface area (Å²) in [4.78, 5) is 24.4. The second-order valence-electron chi connectivity index (χ2n) is 6.98. The summed E-state index contributed by atoms with van der Waals surface area (Å²) < 4.78 is 33.9. The van der Waals surface area contributed by atoms with Crippen molar-refractivity contribution in [2.75, 3.05) is 11.9 Å². The molecule has 0 bridgehead atoms. The number of primary amides is 1. The quantitative estimate of drug-likeness (QED) is 0.678. The monoisotopic (exact) mass is 408 g/mol. The molecule has 0 aliphatic carbocycles. The Morgan fingerprint density at radius 1 is 1.00 bits per heavy atom. The highest BCUT2D eigenvalue weighted by atomic mass is 19.1. The van der Waals surface area contributed by atoms with Crippen LogP contribution in [0.5, 0.6) is 5.75 Å². The molecule has 1 heterocycles. The molecule has 1 aliphatic heterocycles. The molecule has 0 spiro atoms. The third-order valence-electron chi connectivity index (χ3n) is 5.07. The first-order chi connectivity index (χ1) is 14.4. The average molecular weight is 408 g/mol. The number of halogens is 2. The highest BCUT2D eigenvalue weighted by Crippen LogP contribution is 2.40. The number of hydrogen-bond acceptors (Lipinski definition) is 3. The molecule has 4 rings (SSSR count). The molecular formula is C23H18F2N2O3. The van der Waals surface area contributed by atoms with Crippen LogP contribution in [0.2, 0.25) is 0 Å². The maximum Gasteiger partial charge on any atom is 0.258 e. The summed E-state index contributed by atoms with van der Waals surface area (Å²) in [5.41, 5.74) is 6.89. The van der Waals surface area contributed by atoms with Crippen LogP contribution in [0.4, 0.5) is 14.5 Å². The smallest absolute Gasteiger partial charge is 0.258 e. The number of ether oxygens (including phenoxy) is 1. The SMILES string of the molecule is NC(=O)c1cccc(NC(=O)c2c(F)cccc2C2CCOc3cc(F)ccc32)c1. The van der Waals surface area contributed by atoms with Crippen LogP contribution in [0.15, 0.2) is 60.7 Å². The molecule has 3 aromatic rings. The summed E-state index contributed by atoms with van der Waals surface area (Å²) in [5, 5.41) is 2.63. The number of nitrogens with one attached hydrogen (secondary N) is 1. The molecule has 7 heteroatoms. The van der Waals surface area contributed by atoms with Crippen molar-refractivity contribution in [1.82, 2.24) is 0 Å². The largest absolute Gasteiger partial charge is 0.493 e. The van der Waals surface area contributed by atoms with E-state index in [1.54, 1.807) is 24.3 Å².